The number of hydrogen-bond donors (Lipinski definition) is 5. The first-order valence-corrected chi connectivity index (χ1v) is 10.5. The van der Waals surface area contributed by atoms with Gasteiger partial charge in [0.2, 0.25) is 11.9 Å². The molecule has 0 unspecified atom stereocenters. The highest BCUT2D eigenvalue weighted by Gasteiger charge is 2.18. The van der Waals surface area contributed by atoms with E-state index in [1.165, 1.54) is 6.08 Å². The fourth-order valence-electron chi connectivity index (χ4n) is 3.44. The van der Waals surface area contributed by atoms with E-state index < -0.39 is 0 Å². The van der Waals surface area contributed by atoms with Crippen molar-refractivity contribution in [2.75, 3.05) is 23.7 Å². The molecule has 0 atom stereocenters. The van der Waals surface area contributed by atoms with Gasteiger partial charge in [0.1, 0.15) is 0 Å². The summed E-state index contributed by atoms with van der Waals surface area (Å²) in [6, 6.07) is 10.8. The number of carbonyl (C=O) groups is 2. The van der Waals surface area contributed by atoms with Crippen molar-refractivity contribution in [1.82, 2.24) is 25.6 Å². The number of H-pyrrole nitrogens is 1. The van der Waals surface area contributed by atoms with Crippen molar-refractivity contribution < 1.29 is 9.59 Å². The molecule has 2 aromatic heterocycles. The van der Waals surface area contributed by atoms with Gasteiger partial charge in [-0.25, -0.2) is 9.97 Å². The van der Waals surface area contributed by atoms with Gasteiger partial charge in [-0.15, -0.1) is 0 Å². The first-order valence-electron chi connectivity index (χ1n) is 10.5. The van der Waals surface area contributed by atoms with Gasteiger partial charge in [0, 0.05) is 25.0 Å². The fraction of sp³-hybridized carbons (Fsp3) is 0.217. The van der Waals surface area contributed by atoms with Crippen LogP contribution in [-0.2, 0) is 11.3 Å². The van der Waals surface area contributed by atoms with Crippen LogP contribution in [0.5, 0.6) is 0 Å². The highest BCUT2D eigenvalue weighted by molar-refractivity contribution is 6.01. The number of para-hydroxylation sites is 2. The largest absolute Gasteiger partial charge is 0.355 e. The lowest BCUT2D eigenvalue weighted by Crippen LogP contribution is -2.28. The van der Waals surface area contributed by atoms with Gasteiger partial charge in [-0.2, -0.15) is 0 Å². The van der Waals surface area contributed by atoms with Crippen molar-refractivity contribution in [2.24, 2.45) is 0 Å². The van der Waals surface area contributed by atoms with E-state index in [2.05, 4.69) is 42.8 Å². The molecule has 1 aromatic carbocycles. The van der Waals surface area contributed by atoms with E-state index >= 15 is 0 Å². The summed E-state index contributed by atoms with van der Waals surface area (Å²) in [4.78, 5) is 36.5. The molecular formula is C23H25N7O2. The summed E-state index contributed by atoms with van der Waals surface area (Å²) in [6.07, 6.45) is 4.81. The van der Waals surface area contributed by atoms with Gasteiger partial charge >= 0.3 is 0 Å². The van der Waals surface area contributed by atoms with Crippen molar-refractivity contribution in [3.63, 3.8) is 0 Å². The maximum Gasteiger partial charge on any atom is 0.253 e. The summed E-state index contributed by atoms with van der Waals surface area (Å²) in [5, 5.41) is 12.2. The first-order chi connectivity index (χ1) is 15.6. The Morgan fingerprint density at radius 3 is 2.78 bits per heavy atom. The van der Waals surface area contributed by atoms with Crippen molar-refractivity contribution in [2.45, 2.75) is 19.4 Å². The molecule has 5 N–H and O–H groups in total. The normalized spacial score (nSPS) is 14.1. The van der Waals surface area contributed by atoms with Crippen LogP contribution in [-0.4, -0.2) is 39.9 Å². The second-order valence-electron chi connectivity index (χ2n) is 7.34. The molecule has 0 saturated carbocycles. The van der Waals surface area contributed by atoms with Crippen molar-refractivity contribution in [3.8, 4) is 11.4 Å². The van der Waals surface area contributed by atoms with Gasteiger partial charge in [0.25, 0.3) is 5.91 Å². The van der Waals surface area contributed by atoms with E-state index in [1.54, 1.807) is 18.3 Å². The molecule has 4 rings (SSSR count). The van der Waals surface area contributed by atoms with Crippen LogP contribution in [0.2, 0.25) is 0 Å². The van der Waals surface area contributed by atoms with E-state index in [0.717, 1.165) is 30.8 Å². The molecule has 3 heterocycles. The van der Waals surface area contributed by atoms with Gasteiger partial charge in [-0.05, 0) is 49.7 Å². The lowest BCUT2D eigenvalue weighted by Gasteiger charge is -2.11. The molecule has 1 aliphatic heterocycles. The standard InChI is InChI=1S/C23H25N7O2/c1-2-21(31)28-16-7-3-4-8-17(16)29-23-26-12-9-18(30-23)19-13-15-20(27-19)14-24-10-5-6-11-25-22(15)32/h2-4,7-9,12-13,24,27H,1,5-6,10-11,14H2,(H,25,32)(H,28,31)(H,26,29,30). The number of nitrogens with one attached hydrogen (secondary N) is 5. The molecule has 2 amide bonds. The molecule has 9 nitrogen and oxygen atoms in total. The quantitative estimate of drug-likeness (QED) is 0.396. The molecule has 0 spiro atoms. The molecule has 0 fully saturated rings. The molecule has 0 bridgehead atoms. The number of aromatic amines is 1. The predicted molar refractivity (Wildman–Crippen MR) is 124 cm³/mol. The van der Waals surface area contributed by atoms with Gasteiger partial charge in [0.05, 0.1) is 28.3 Å². The minimum Gasteiger partial charge on any atom is -0.355 e. The van der Waals surface area contributed by atoms with Crippen molar-refractivity contribution >= 4 is 29.1 Å². The number of anilines is 3. The van der Waals surface area contributed by atoms with Crippen LogP contribution in [0.15, 0.2) is 55.3 Å². The lowest BCUT2D eigenvalue weighted by atomic mass is 10.2. The third kappa shape index (κ3) is 5.01. The number of amides is 2. The Bertz CT molecular complexity index is 1140. The summed E-state index contributed by atoms with van der Waals surface area (Å²) in [5.74, 6) is -0.0392. The Labute approximate surface area is 185 Å². The average Bonchev–Trinajstić information content (AvgIpc) is 3.24. The monoisotopic (exact) mass is 431 g/mol. The fourth-order valence-corrected chi connectivity index (χ4v) is 3.44. The number of benzene rings is 1. The van der Waals surface area contributed by atoms with Crippen LogP contribution in [0.1, 0.15) is 28.9 Å². The highest BCUT2D eigenvalue weighted by atomic mass is 16.2. The molecule has 0 aliphatic carbocycles. The second-order valence-corrected chi connectivity index (χ2v) is 7.34. The molecule has 1 aliphatic rings. The van der Waals surface area contributed by atoms with Gasteiger partial charge in [-0.3, -0.25) is 9.59 Å². The molecule has 164 valence electrons. The van der Waals surface area contributed by atoms with Crippen LogP contribution < -0.4 is 21.3 Å². The van der Waals surface area contributed by atoms with Crippen LogP contribution in [0, 0.1) is 0 Å². The number of aromatic nitrogens is 3. The zero-order valence-electron chi connectivity index (χ0n) is 17.6. The Morgan fingerprint density at radius 1 is 1.12 bits per heavy atom. The summed E-state index contributed by atoms with van der Waals surface area (Å²) in [7, 11) is 0. The minimum absolute atomic E-state index is 0.0921. The molecular weight excluding hydrogens is 406 g/mol. The molecule has 32 heavy (non-hydrogen) atoms. The predicted octanol–water partition coefficient (Wildman–Crippen LogP) is 2.95. The first kappa shape index (κ1) is 21.3. The summed E-state index contributed by atoms with van der Waals surface area (Å²) in [5.41, 5.74) is 4.04. The third-order valence-corrected chi connectivity index (χ3v) is 5.06. The summed E-state index contributed by atoms with van der Waals surface area (Å²) < 4.78 is 0. The number of fused-ring (bicyclic) bond motifs is 1. The van der Waals surface area contributed by atoms with Crippen molar-refractivity contribution in [3.05, 3.63) is 66.5 Å². The smallest absolute Gasteiger partial charge is 0.253 e. The molecule has 0 radical (unpaired) electrons. The van der Waals surface area contributed by atoms with Gasteiger partial charge in [0.15, 0.2) is 0 Å². The number of nitrogens with zero attached hydrogens (tertiary/aromatic N) is 2. The maximum atomic E-state index is 12.6. The van der Waals surface area contributed by atoms with Gasteiger partial charge in [-0.1, -0.05) is 18.7 Å². The summed E-state index contributed by atoms with van der Waals surface area (Å²) >= 11 is 0. The SMILES string of the molecule is C=CC(=O)Nc1ccccc1Nc1nccc(-c2cc3c([nH]2)CNCCCCNC3=O)n1. The van der Waals surface area contributed by atoms with E-state index in [9.17, 15) is 9.59 Å². The minimum atomic E-state index is -0.309. The van der Waals surface area contributed by atoms with E-state index in [1.807, 2.05) is 24.3 Å². The molecule has 0 saturated heterocycles. The zero-order chi connectivity index (χ0) is 22.3. The molecule has 9 heteroatoms. The summed E-state index contributed by atoms with van der Waals surface area (Å²) in [6.45, 7) is 5.61. The lowest BCUT2D eigenvalue weighted by molar-refractivity contribution is -0.111. The number of carbonyl (C=O) groups excluding carboxylic acids is 2. The zero-order valence-corrected chi connectivity index (χ0v) is 17.6. The van der Waals surface area contributed by atoms with Crippen LogP contribution >= 0.6 is 0 Å². The van der Waals surface area contributed by atoms with Crippen LogP contribution in [0.4, 0.5) is 17.3 Å². The van der Waals surface area contributed by atoms with E-state index in [4.69, 9.17) is 0 Å². The number of hydrogen-bond acceptors (Lipinski definition) is 6. The average molecular weight is 432 g/mol. The topological polar surface area (TPSA) is 124 Å². The Hall–Kier alpha value is -3.98. The second kappa shape index (κ2) is 9.88. The number of rotatable bonds is 5. The van der Waals surface area contributed by atoms with Crippen LogP contribution in [0.25, 0.3) is 11.4 Å². The Balaban J connectivity index is 1.60. The molecule has 3 aromatic rings. The van der Waals surface area contributed by atoms with E-state index in [0.29, 0.717) is 41.7 Å². The maximum absolute atomic E-state index is 12.6. The third-order valence-electron chi connectivity index (χ3n) is 5.06. The Kier molecular flexibility index (Phi) is 6.57. The van der Waals surface area contributed by atoms with Gasteiger partial charge < -0.3 is 26.3 Å². The van der Waals surface area contributed by atoms with E-state index in [-0.39, 0.29) is 11.8 Å². The highest BCUT2D eigenvalue weighted by Crippen LogP contribution is 2.26. The van der Waals surface area contributed by atoms with Crippen LogP contribution in [0.3, 0.4) is 0 Å². The Morgan fingerprint density at radius 2 is 1.94 bits per heavy atom. The van der Waals surface area contributed by atoms with Crippen molar-refractivity contribution in [1.29, 1.82) is 0 Å².